The first-order valence-corrected chi connectivity index (χ1v) is 11.9. The molecule has 2 aliphatic heterocycles. The van der Waals surface area contributed by atoms with Crippen molar-refractivity contribution < 1.29 is 18.0 Å². The molecule has 1 N–H and O–H groups in total. The van der Waals surface area contributed by atoms with Gasteiger partial charge in [-0.1, -0.05) is 25.0 Å². The van der Waals surface area contributed by atoms with Gasteiger partial charge >= 0.3 is 0 Å². The number of carbonyl (C=O) groups excluding carboxylic acids is 2. The minimum Gasteiger partial charge on any atom is -0.352 e. The first kappa shape index (κ1) is 21.4. The number of benzene rings is 1. The molecule has 0 aromatic heterocycles. The molecule has 0 atom stereocenters. The number of carbonyl (C=O) groups is 2. The summed E-state index contributed by atoms with van der Waals surface area (Å²) in [6.07, 6.45) is 8.54. The fraction of sp³-hybridized carbons (Fsp3) is 0.524. The zero-order valence-corrected chi connectivity index (χ0v) is 17.5. The second kappa shape index (κ2) is 9.91. The Morgan fingerprint density at radius 2 is 1.66 bits per heavy atom. The molecule has 2 heterocycles. The van der Waals surface area contributed by atoms with Crippen LogP contribution in [0.1, 0.15) is 44.1 Å². The highest BCUT2D eigenvalue weighted by Gasteiger charge is 2.28. The molecule has 2 amide bonds. The molecule has 158 valence electrons. The highest BCUT2D eigenvalue weighted by atomic mass is 32.2. The standard InChI is InChI=1S/C21H29N3O4S/c25-20(22-13-12-21(26)23-14-3-1-2-4-15-23)11-8-18-6-9-19(10-7-18)24-16-5-17-29(24,27)28/h6-11H,1-5,12-17H2,(H,22,25)/b11-8+. The minimum atomic E-state index is -3.19. The number of amides is 2. The van der Waals surface area contributed by atoms with Crippen molar-refractivity contribution in [1.82, 2.24) is 10.2 Å². The third-order valence-electron chi connectivity index (χ3n) is 5.30. The van der Waals surface area contributed by atoms with Crippen LogP contribution in [0.2, 0.25) is 0 Å². The molecule has 1 aromatic rings. The number of nitrogens with zero attached hydrogens (tertiary/aromatic N) is 2. The maximum Gasteiger partial charge on any atom is 0.244 e. The van der Waals surface area contributed by atoms with E-state index >= 15 is 0 Å². The molecule has 2 saturated heterocycles. The summed E-state index contributed by atoms with van der Waals surface area (Å²) in [4.78, 5) is 26.1. The lowest BCUT2D eigenvalue weighted by atomic mass is 10.2. The fourth-order valence-electron chi connectivity index (χ4n) is 3.68. The summed E-state index contributed by atoms with van der Waals surface area (Å²) in [5.74, 6) is 0.0400. The number of rotatable bonds is 6. The van der Waals surface area contributed by atoms with Crippen LogP contribution >= 0.6 is 0 Å². The highest BCUT2D eigenvalue weighted by molar-refractivity contribution is 7.93. The Kier molecular flexibility index (Phi) is 7.30. The molecule has 1 aromatic carbocycles. The van der Waals surface area contributed by atoms with E-state index in [-0.39, 0.29) is 17.6 Å². The monoisotopic (exact) mass is 419 g/mol. The van der Waals surface area contributed by atoms with Gasteiger partial charge in [0, 0.05) is 38.7 Å². The molecule has 0 unspecified atom stereocenters. The average Bonchev–Trinajstić information content (AvgIpc) is 2.90. The van der Waals surface area contributed by atoms with Crippen molar-refractivity contribution in [3.8, 4) is 0 Å². The number of anilines is 1. The number of sulfonamides is 1. The quantitative estimate of drug-likeness (QED) is 0.716. The molecular weight excluding hydrogens is 390 g/mol. The summed E-state index contributed by atoms with van der Waals surface area (Å²) in [7, 11) is -3.19. The number of likely N-dealkylation sites (tertiary alicyclic amines) is 1. The van der Waals surface area contributed by atoms with Crippen LogP contribution in [0.15, 0.2) is 30.3 Å². The largest absolute Gasteiger partial charge is 0.352 e. The van der Waals surface area contributed by atoms with Gasteiger partial charge < -0.3 is 10.2 Å². The second-order valence-electron chi connectivity index (χ2n) is 7.50. The highest BCUT2D eigenvalue weighted by Crippen LogP contribution is 2.24. The van der Waals surface area contributed by atoms with Gasteiger partial charge in [0.1, 0.15) is 0 Å². The van der Waals surface area contributed by atoms with Gasteiger partial charge in [-0.15, -0.1) is 0 Å². The molecule has 0 bridgehead atoms. The van der Waals surface area contributed by atoms with Crippen LogP contribution in [0.25, 0.3) is 6.08 Å². The van der Waals surface area contributed by atoms with E-state index in [0.29, 0.717) is 31.6 Å². The zero-order valence-electron chi connectivity index (χ0n) is 16.7. The minimum absolute atomic E-state index is 0.101. The summed E-state index contributed by atoms with van der Waals surface area (Å²) >= 11 is 0. The van der Waals surface area contributed by atoms with Crippen molar-refractivity contribution in [2.45, 2.75) is 38.5 Å². The van der Waals surface area contributed by atoms with Gasteiger partial charge in [0.05, 0.1) is 11.4 Å². The Morgan fingerprint density at radius 3 is 2.28 bits per heavy atom. The van der Waals surface area contributed by atoms with Crippen molar-refractivity contribution >= 4 is 33.6 Å². The van der Waals surface area contributed by atoms with Crippen molar-refractivity contribution in [2.75, 3.05) is 36.2 Å². The summed E-state index contributed by atoms with van der Waals surface area (Å²) in [6.45, 7) is 2.48. The molecule has 0 spiro atoms. The van der Waals surface area contributed by atoms with Crippen LogP contribution in [-0.4, -0.2) is 57.1 Å². The first-order chi connectivity index (χ1) is 14.0. The maximum absolute atomic E-state index is 12.2. The van der Waals surface area contributed by atoms with Gasteiger partial charge in [-0.2, -0.15) is 0 Å². The summed E-state index contributed by atoms with van der Waals surface area (Å²) in [6, 6.07) is 7.08. The molecule has 2 aliphatic rings. The van der Waals surface area contributed by atoms with E-state index in [1.54, 1.807) is 30.3 Å². The lowest BCUT2D eigenvalue weighted by Gasteiger charge is -2.20. The predicted octanol–water partition coefficient (Wildman–Crippen LogP) is 2.15. The molecule has 29 heavy (non-hydrogen) atoms. The normalized spacial score (nSPS) is 19.3. The van der Waals surface area contributed by atoms with E-state index in [1.165, 1.54) is 23.2 Å². The van der Waals surface area contributed by atoms with Gasteiger partial charge in [0.25, 0.3) is 0 Å². The third kappa shape index (κ3) is 6.06. The predicted molar refractivity (Wildman–Crippen MR) is 114 cm³/mol. The van der Waals surface area contributed by atoms with Gasteiger partial charge in [-0.25, -0.2) is 8.42 Å². The molecule has 0 aliphatic carbocycles. The van der Waals surface area contributed by atoms with E-state index in [1.807, 2.05) is 4.90 Å². The van der Waals surface area contributed by atoms with Crippen molar-refractivity contribution in [1.29, 1.82) is 0 Å². The van der Waals surface area contributed by atoms with Gasteiger partial charge in [0.15, 0.2) is 0 Å². The number of hydrogen-bond donors (Lipinski definition) is 1. The fourth-order valence-corrected chi connectivity index (χ4v) is 5.25. The second-order valence-corrected chi connectivity index (χ2v) is 9.52. The van der Waals surface area contributed by atoms with E-state index < -0.39 is 10.0 Å². The van der Waals surface area contributed by atoms with Gasteiger partial charge in [-0.3, -0.25) is 13.9 Å². The molecule has 8 heteroatoms. The third-order valence-corrected chi connectivity index (χ3v) is 7.17. The van der Waals surface area contributed by atoms with Crippen LogP contribution in [-0.2, 0) is 19.6 Å². The van der Waals surface area contributed by atoms with Gasteiger partial charge in [-0.05, 0) is 43.0 Å². The van der Waals surface area contributed by atoms with Crippen LogP contribution in [0, 0.1) is 0 Å². The zero-order chi connectivity index (χ0) is 20.7. The Balaban J connectivity index is 1.43. The molecule has 0 radical (unpaired) electrons. The van der Waals surface area contributed by atoms with Crippen molar-refractivity contribution in [3.05, 3.63) is 35.9 Å². The van der Waals surface area contributed by atoms with Crippen molar-refractivity contribution in [2.24, 2.45) is 0 Å². The Bertz CT molecular complexity index is 841. The SMILES string of the molecule is O=C(/C=C/c1ccc(N2CCCS2(=O)=O)cc1)NCCC(=O)N1CCCCCC1. The number of hydrogen-bond acceptors (Lipinski definition) is 4. The molecule has 2 fully saturated rings. The number of nitrogens with one attached hydrogen (secondary N) is 1. The summed E-state index contributed by atoms with van der Waals surface area (Å²) in [5, 5.41) is 2.74. The maximum atomic E-state index is 12.2. The Hall–Kier alpha value is -2.35. The lowest BCUT2D eigenvalue weighted by Crippen LogP contribution is -2.34. The Labute approximate surface area is 172 Å². The van der Waals surface area contributed by atoms with Crippen LogP contribution in [0.4, 0.5) is 5.69 Å². The van der Waals surface area contributed by atoms with Gasteiger partial charge in [0.2, 0.25) is 21.8 Å². The molecule has 3 rings (SSSR count). The first-order valence-electron chi connectivity index (χ1n) is 10.3. The summed E-state index contributed by atoms with van der Waals surface area (Å²) in [5.41, 5.74) is 1.46. The molecule has 0 saturated carbocycles. The Morgan fingerprint density at radius 1 is 0.966 bits per heavy atom. The smallest absolute Gasteiger partial charge is 0.244 e. The average molecular weight is 420 g/mol. The lowest BCUT2D eigenvalue weighted by molar-refractivity contribution is -0.131. The topological polar surface area (TPSA) is 86.8 Å². The van der Waals surface area contributed by atoms with E-state index in [4.69, 9.17) is 0 Å². The van der Waals surface area contributed by atoms with E-state index in [2.05, 4.69) is 5.32 Å². The van der Waals surface area contributed by atoms with Crippen LogP contribution < -0.4 is 9.62 Å². The van der Waals surface area contributed by atoms with E-state index in [0.717, 1.165) is 31.5 Å². The molecule has 7 nitrogen and oxygen atoms in total. The van der Waals surface area contributed by atoms with E-state index in [9.17, 15) is 18.0 Å². The van der Waals surface area contributed by atoms with Crippen molar-refractivity contribution in [3.63, 3.8) is 0 Å². The summed E-state index contributed by atoms with van der Waals surface area (Å²) < 4.78 is 25.3. The van der Waals surface area contributed by atoms with Crippen LogP contribution in [0.3, 0.4) is 0 Å². The molecular formula is C21H29N3O4S. The van der Waals surface area contributed by atoms with Crippen LogP contribution in [0.5, 0.6) is 0 Å².